The third-order valence-corrected chi connectivity index (χ3v) is 1.32. The normalized spacial score (nSPS) is 6.23. The summed E-state index contributed by atoms with van der Waals surface area (Å²) in [6, 6.07) is 7.57. The molecule has 0 aromatic heterocycles. The minimum atomic E-state index is 0. The van der Waals surface area contributed by atoms with Crippen molar-refractivity contribution in [1.82, 2.24) is 0 Å². The Morgan fingerprint density at radius 2 is 1.69 bits per heavy atom. The van der Waals surface area contributed by atoms with E-state index in [-0.39, 0.29) is 44.6 Å². The van der Waals surface area contributed by atoms with Crippen LogP contribution in [0.1, 0.15) is 5.56 Å². The van der Waals surface area contributed by atoms with Crippen molar-refractivity contribution in [2.75, 3.05) is 0 Å². The summed E-state index contributed by atoms with van der Waals surface area (Å²) >= 11 is 5.68. The fraction of sp³-hybridized carbons (Fsp3) is 0. The molecule has 0 spiro atoms. The zero-order valence-corrected chi connectivity index (χ0v) is 12.4. The highest BCUT2D eigenvalue weighted by atomic mass is 35.5. The Bertz CT molecular complexity index is 228. The van der Waals surface area contributed by atoms with E-state index in [1.54, 1.807) is 6.08 Å². The maximum Gasteiger partial charge on any atom is 0.0411 e. The fourth-order valence-corrected chi connectivity index (χ4v) is 0.832. The Balaban J connectivity index is -0.000000101. The number of hydrogen-bond donors (Lipinski definition) is 0. The van der Waals surface area contributed by atoms with Gasteiger partial charge in [-0.05, 0) is 17.7 Å². The highest BCUT2D eigenvalue weighted by Gasteiger charge is 1.85. The lowest BCUT2D eigenvalue weighted by atomic mass is 10.2. The lowest BCUT2D eigenvalue weighted by Gasteiger charge is -1.90. The van der Waals surface area contributed by atoms with Gasteiger partial charge in [-0.15, -0.1) is 24.8 Å². The van der Waals surface area contributed by atoms with E-state index in [4.69, 9.17) is 11.6 Å². The van der Waals surface area contributed by atoms with Crippen LogP contribution < -0.4 is 0 Å². The highest BCUT2D eigenvalue weighted by molar-refractivity contribution is 6.92. The first-order valence-electron chi connectivity index (χ1n) is 2.71. The Hall–Kier alpha value is 0.690. The number of halogens is 3. The molecular weight excluding hydrogens is 264 g/mol. The molecule has 0 heterocycles. The summed E-state index contributed by atoms with van der Waals surface area (Å²) in [5, 5.41) is 0.757. The van der Waals surface area contributed by atoms with Crippen LogP contribution in [0, 0.1) is 0 Å². The first-order valence-corrected chi connectivity index (χ1v) is 3.09. The minimum absolute atomic E-state index is 0. The number of benzene rings is 1. The van der Waals surface area contributed by atoms with Crippen molar-refractivity contribution >= 4 is 62.3 Å². The van der Waals surface area contributed by atoms with E-state index in [1.807, 2.05) is 24.3 Å². The average Bonchev–Trinajstić information content (AvgIpc) is 1.88. The second kappa shape index (κ2) is 12.7. The van der Waals surface area contributed by atoms with E-state index in [0.717, 1.165) is 10.6 Å². The second-order valence-corrected chi connectivity index (χ2v) is 2.20. The Morgan fingerprint density at radius 1 is 1.15 bits per heavy atom. The van der Waals surface area contributed by atoms with Gasteiger partial charge in [0.05, 0.1) is 0 Å². The van der Waals surface area contributed by atoms with E-state index >= 15 is 0 Å². The van der Waals surface area contributed by atoms with Gasteiger partial charge >= 0.3 is 0 Å². The number of rotatable bonds is 1. The SMILES string of the molecule is C=Cc1cccc(Cl)c1.Cl.Cl.P.P. The van der Waals surface area contributed by atoms with Gasteiger partial charge in [0.15, 0.2) is 0 Å². The monoisotopic (exact) mass is 278 g/mol. The van der Waals surface area contributed by atoms with Gasteiger partial charge in [-0.25, -0.2) is 0 Å². The molecule has 1 aromatic carbocycles. The fourth-order valence-electron chi connectivity index (χ4n) is 0.634. The molecule has 0 bridgehead atoms. The summed E-state index contributed by atoms with van der Waals surface area (Å²) in [7, 11) is 0. The molecule has 13 heavy (non-hydrogen) atoms. The third kappa shape index (κ3) is 9.01. The molecule has 0 aliphatic rings. The molecule has 0 aliphatic heterocycles. The van der Waals surface area contributed by atoms with Gasteiger partial charge in [0.2, 0.25) is 0 Å². The van der Waals surface area contributed by atoms with Gasteiger partial charge in [0, 0.05) is 5.02 Å². The summed E-state index contributed by atoms with van der Waals surface area (Å²) in [5.41, 5.74) is 1.06. The highest BCUT2D eigenvalue weighted by Crippen LogP contribution is 2.10. The van der Waals surface area contributed by atoms with Crippen LogP contribution >= 0.6 is 56.2 Å². The van der Waals surface area contributed by atoms with Crippen LogP contribution in [0.15, 0.2) is 30.8 Å². The predicted molar refractivity (Wildman–Crippen MR) is 78.2 cm³/mol. The maximum absolute atomic E-state index is 5.68. The van der Waals surface area contributed by atoms with Crippen LogP contribution in [-0.4, -0.2) is 0 Å². The molecule has 0 saturated carbocycles. The van der Waals surface area contributed by atoms with Crippen molar-refractivity contribution in [2.45, 2.75) is 0 Å². The van der Waals surface area contributed by atoms with Crippen LogP contribution in [-0.2, 0) is 0 Å². The molecule has 0 fully saturated rings. The van der Waals surface area contributed by atoms with E-state index in [9.17, 15) is 0 Å². The molecular formula is C8H15Cl3P2. The largest absolute Gasteiger partial charge is 0.153 e. The van der Waals surface area contributed by atoms with Crippen molar-refractivity contribution in [3.63, 3.8) is 0 Å². The Morgan fingerprint density at radius 3 is 2.00 bits per heavy atom. The van der Waals surface area contributed by atoms with Gasteiger partial charge in [0.25, 0.3) is 0 Å². The van der Waals surface area contributed by atoms with Crippen molar-refractivity contribution < 1.29 is 0 Å². The molecule has 0 N–H and O–H groups in total. The molecule has 78 valence electrons. The standard InChI is InChI=1S/C8H7Cl.2ClH.2H3P/c1-2-7-4-3-5-8(9)6-7;;;;/h2-6H,1H2;2*1H;2*1H3. The quantitative estimate of drug-likeness (QED) is 0.683. The first-order chi connectivity index (χ1) is 4.33. The topological polar surface area (TPSA) is 0 Å². The molecule has 0 radical (unpaired) electrons. The van der Waals surface area contributed by atoms with E-state index in [0.29, 0.717) is 0 Å². The van der Waals surface area contributed by atoms with E-state index in [2.05, 4.69) is 6.58 Å². The summed E-state index contributed by atoms with van der Waals surface area (Å²) in [6.07, 6.45) is 1.77. The average molecular weight is 280 g/mol. The van der Waals surface area contributed by atoms with Gasteiger partial charge in [0.1, 0.15) is 0 Å². The van der Waals surface area contributed by atoms with E-state index in [1.165, 1.54) is 0 Å². The van der Waals surface area contributed by atoms with Crippen LogP contribution in [0.3, 0.4) is 0 Å². The lowest BCUT2D eigenvalue weighted by molar-refractivity contribution is 1.66. The smallest absolute Gasteiger partial charge is 0.0411 e. The zero-order chi connectivity index (χ0) is 6.69. The molecule has 0 saturated heterocycles. The maximum atomic E-state index is 5.68. The molecule has 2 atom stereocenters. The van der Waals surface area contributed by atoms with Crippen LogP contribution in [0.25, 0.3) is 6.08 Å². The van der Waals surface area contributed by atoms with Crippen molar-refractivity contribution in [1.29, 1.82) is 0 Å². The summed E-state index contributed by atoms with van der Waals surface area (Å²) in [4.78, 5) is 0. The van der Waals surface area contributed by atoms with Crippen LogP contribution in [0.4, 0.5) is 0 Å². The third-order valence-electron chi connectivity index (χ3n) is 1.08. The zero-order valence-electron chi connectivity index (χ0n) is 7.20. The van der Waals surface area contributed by atoms with Gasteiger partial charge in [-0.3, -0.25) is 0 Å². The Labute approximate surface area is 104 Å². The second-order valence-electron chi connectivity index (χ2n) is 1.76. The van der Waals surface area contributed by atoms with E-state index < -0.39 is 0 Å². The molecule has 5 heteroatoms. The van der Waals surface area contributed by atoms with Crippen molar-refractivity contribution in [3.05, 3.63) is 41.4 Å². The first kappa shape index (κ1) is 23.5. The molecule has 1 rings (SSSR count). The summed E-state index contributed by atoms with van der Waals surface area (Å²) in [5.74, 6) is 0. The van der Waals surface area contributed by atoms with Crippen LogP contribution in [0.5, 0.6) is 0 Å². The van der Waals surface area contributed by atoms with Gasteiger partial charge < -0.3 is 0 Å². The lowest BCUT2D eigenvalue weighted by Crippen LogP contribution is -1.67. The molecule has 2 unspecified atom stereocenters. The predicted octanol–water partition coefficient (Wildman–Crippen LogP) is 3.94. The van der Waals surface area contributed by atoms with Crippen molar-refractivity contribution in [2.24, 2.45) is 0 Å². The van der Waals surface area contributed by atoms with Gasteiger partial charge in [-0.2, -0.15) is 19.8 Å². The molecule has 0 amide bonds. The summed E-state index contributed by atoms with van der Waals surface area (Å²) < 4.78 is 0. The minimum Gasteiger partial charge on any atom is -0.153 e. The molecule has 0 nitrogen and oxygen atoms in total. The summed E-state index contributed by atoms with van der Waals surface area (Å²) in [6.45, 7) is 3.61. The van der Waals surface area contributed by atoms with Crippen molar-refractivity contribution in [3.8, 4) is 0 Å². The van der Waals surface area contributed by atoms with Crippen LogP contribution in [0.2, 0.25) is 5.02 Å². The van der Waals surface area contributed by atoms with Gasteiger partial charge in [-0.1, -0.05) is 36.4 Å². The molecule has 0 aliphatic carbocycles. The number of hydrogen-bond acceptors (Lipinski definition) is 0. The Kier molecular flexibility index (Phi) is 22.9. The molecule has 1 aromatic rings.